The molecule has 86 valence electrons. The van der Waals surface area contributed by atoms with Crippen molar-refractivity contribution in [1.29, 1.82) is 0 Å². The Hall–Kier alpha value is -1.58. The van der Waals surface area contributed by atoms with Crippen LogP contribution in [0.3, 0.4) is 0 Å². The van der Waals surface area contributed by atoms with Crippen LogP contribution >= 0.6 is 11.3 Å². The third-order valence-electron chi connectivity index (χ3n) is 3.11. The number of aromatic nitrogens is 1. The molecule has 0 aliphatic rings. The monoisotopic (exact) mass is 242 g/mol. The molecular weight excluding hydrogens is 228 g/mol. The molecular formula is C14H14N2S. The van der Waals surface area contributed by atoms with Gasteiger partial charge in [0.1, 0.15) is 0 Å². The van der Waals surface area contributed by atoms with Crippen molar-refractivity contribution in [1.82, 2.24) is 4.57 Å². The van der Waals surface area contributed by atoms with Crippen molar-refractivity contribution < 1.29 is 0 Å². The summed E-state index contributed by atoms with van der Waals surface area (Å²) in [5, 5.41) is 3.32. The van der Waals surface area contributed by atoms with E-state index in [9.17, 15) is 0 Å². The van der Waals surface area contributed by atoms with E-state index in [-0.39, 0.29) is 6.04 Å². The molecule has 3 aromatic rings. The Labute approximate surface area is 104 Å². The van der Waals surface area contributed by atoms with Crippen LogP contribution in [0.15, 0.2) is 48.0 Å². The van der Waals surface area contributed by atoms with Gasteiger partial charge in [0.15, 0.2) is 0 Å². The van der Waals surface area contributed by atoms with Crippen LogP contribution in [0.1, 0.15) is 16.5 Å². The lowest BCUT2D eigenvalue weighted by atomic mass is 10.1. The minimum absolute atomic E-state index is 0.0268. The van der Waals surface area contributed by atoms with Gasteiger partial charge in [0.2, 0.25) is 0 Å². The zero-order valence-electron chi connectivity index (χ0n) is 9.63. The summed E-state index contributed by atoms with van der Waals surface area (Å²) in [6, 6.07) is 12.5. The second-order valence-electron chi connectivity index (χ2n) is 4.21. The van der Waals surface area contributed by atoms with Crippen LogP contribution < -0.4 is 5.73 Å². The van der Waals surface area contributed by atoms with Gasteiger partial charge in [-0.2, -0.15) is 0 Å². The third-order valence-corrected chi connectivity index (χ3v) is 4.07. The topological polar surface area (TPSA) is 30.9 Å². The van der Waals surface area contributed by atoms with Crippen LogP contribution in [0.25, 0.3) is 10.9 Å². The highest BCUT2D eigenvalue weighted by Crippen LogP contribution is 2.30. The van der Waals surface area contributed by atoms with E-state index in [4.69, 9.17) is 5.73 Å². The molecule has 0 aliphatic heterocycles. The summed E-state index contributed by atoms with van der Waals surface area (Å²) < 4.78 is 2.14. The van der Waals surface area contributed by atoms with Gasteiger partial charge in [0.05, 0.1) is 6.04 Å². The van der Waals surface area contributed by atoms with E-state index in [2.05, 4.69) is 53.5 Å². The van der Waals surface area contributed by atoms with E-state index in [1.165, 1.54) is 21.3 Å². The summed E-state index contributed by atoms with van der Waals surface area (Å²) in [5.74, 6) is 0. The molecule has 0 spiro atoms. The van der Waals surface area contributed by atoms with Gasteiger partial charge in [-0.3, -0.25) is 0 Å². The number of fused-ring (bicyclic) bond motifs is 1. The molecule has 17 heavy (non-hydrogen) atoms. The molecule has 0 unspecified atom stereocenters. The lowest BCUT2D eigenvalue weighted by Crippen LogP contribution is -2.09. The maximum atomic E-state index is 6.34. The van der Waals surface area contributed by atoms with Crippen LogP contribution in [0.5, 0.6) is 0 Å². The van der Waals surface area contributed by atoms with Crippen molar-refractivity contribution in [3.05, 3.63) is 58.4 Å². The van der Waals surface area contributed by atoms with Crippen molar-refractivity contribution in [2.75, 3.05) is 0 Å². The minimum atomic E-state index is -0.0268. The average molecular weight is 242 g/mol. The second-order valence-corrected chi connectivity index (χ2v) is 5.18. The Morgan fingerprint density at radius 3 is 2.76 bits per heavy atom. The summed E-state index contributed by atoms with van der Waals surface area (Å²) in [6.45, 7) is 0. The zero-order chi connectivity index (χ0) is 11.8. The van der Waals surface area contributed by atoms with Crippen LogP contribution in [0, 0.1) is 0 Å². The highest BCUT2D eigenvalue weighted by Gasteiger charge is 2.15. The summed E-state index contributed by atoms with van der Waals surface area (Å²) in [6.07, 6.45) is 2.13. The quantitative estimate of drug-likeness (QED) is 0.734. The molecule has 3 heteroatoms. The summed E-state index contributed by atoms with van der Waals surface area (Å²) >= 11 is 1.71. The molecule has 0 bridgehead atoms. The van der Waals surface area contributed by atoms with Crippen molar-refractivity contribution >= 4 is 22.2 Å². The number of rotatable bonds is 2. The molecule has 2 heterocycles. The first-order chi connectivity index (χ1) is 8.27. The molecule has 2 nitrogen and oxygen atoms in total. The Morgan fingerprint density at radius 2 is 2.00 bits per heavy atom. The highest BCUT2D eigenvalue weighted by atomic mass is 32.1. The maximum Gasteiger partial charge on any atom is 0.0667 e. The molecule has 1 aromatic carbocycles. The fourth-order valence-corrected chi connectivity index (χ4v) is 2.99. The largest absolute Gasteiger partial charge is 0.350 e. The van der Waals surface area contributed by atoms with Crippen molar-refractivity contribution in [3.63, 3.8) is 0 Å². The van der Waals surface area contributed by atoms with E-state index >= 15 is 0 Å². The first-order valence-electron chi connectivity index (χ1n) is 5.60. The number of thiophene rings is 1. The zero-order valence-corrected chi connectivity index (χ0v) is 10.4. The standard InChI is InChI=1S/C14H14N2S/c1-16-9-11(10-5-2-3-6-12(10)16)14(15)13-7-4-8-17-13/h2-9,14H,15H2,1H3/t14-/m0/s1. The van der Waals surface area contributed by atoms with E-state index in [0.29, 0.717) is 0 Å². The van der Waals surface area contributed by atoms with E-state index in [1.54, 1.807) is 11.3 Å². The van der Waals surface area contributed by atoms with Gasteiger partial charge in [-0.1, -0.05) is 24.3 Å². The summed E-state index contributed by atoms with van der Waals surface area (Å²) in [7, 11) is 2.06. The number of benzene rings is 1. The Kier molecular flexibility index (Phi) is 2.50. The molecule has 0 aliphatic carbocycles. The lowest BCUT2D eigenvalue weighted by Gasteiger charge is -2.07. The maximum absolute atomic E-state index is 6.34. The van der Waals surface area contributed by atoms with Crippen molar-refractivity contribution in [2.45, 2.75) is 6.04 Å². The van der Waals surface area contributed by atoms with Crippen molar-refractivity contribution in [3.8, 4) is 0 Å². The molecule has 0 saturated heterocycles. The number of para-hydroxylation sites is 1. The molecule has 3 rings (SSSR count). The minimum Gasteiger partial charge on any atom is -0.350 e. The number of aryl methyl sites for hydroxylation is 1. The average Bonchev–Trinajstić information content (AvgIpc) is 2.97. The Balaban J connectivity index is 2.18. The predicted molar refractivity (Wildman–Crippen MR) is 73.3 cm³/mol. The Morgan fingerprint density at radius 1 is 1.18 bits per heavy atom. The molecule has 0 radical (unpaired) electrons. The molecule has 0 amide bonds. The summed E-state index contributed by atoms with van der Waals surface area (Å²) in [4.78, 5) is 1.21. The van der Waals surface area contributed by atoms with Gasteiger partial charge in [0, 0.05) is 29.0 Å². The number of nitrogens with zero attached hydrogens (tertiary/aromatic N) is 1. The van der Waals surface area contributed by atoms with Gasteiger partial charge >= 0.3 is 0 Å². The van der Waals surface area contributed by atoms with Gasteiger partial charge in [-0.05, 0) is 23.1 Å². The SMILES string of the molecule is Cn1cc([C@H](N)c2cccs2)c2ccccc21. The number of hydrogen-bond acceptors (Lipinski definition) is 2. The molecule has 0 fully saturated rings. The van der Waals surface area contributed by atoms with Gasteiger partial charge in [-0.15, -0.1) is 11.3 Å². The fourth-order valence-electron chi connectivity index (χ4n) is 2.24. The second kappa shape index (κ2) is 4.02. The number of nitrogens with two attached hydrogens (primary N) is 1. The van der Waals surface area contributed by atoms with Crippen LogP contribution in [0.2, 0.25) is 0 Å². The normalized spacial score (nSPS) is 13.1. The van der Waals surface area contributed by atoms with E-state index < -0.39 is 0 Å². The van der Waals surface area contributed by atoms with Gasteiger partial charge in [-0.25, -0.2) is 0 Å². The Bertz CT molecular complexity index is 637. The van der Waals surface area contributed by atoms with Gasteiger partial charge < -0.3 is 10.3 Å². The smallest absolute Gasteiger partial charge is 0.0667 e. The molecule has 2 N–H and O–H groups in total. The lowest BCUT2D eigenvalue weighted by molar-refractivity contribution is 0.878. The summed E-state index contributed by atoms with van der Waals surface area (Å²) in [5.41, 5.74) is 8.77. The third kappa shape index (κ3) is 1.68. The first-order valence-corrected chi connectivity index (χ1v) is 6.48. The molecule has 0 saturated carbocycles. The predicted octanol–water partition coefficient (Wildman–Crippen LogP) is 3.29. The fraction of sp³-hybridized carbons (Fsp3) is 0.143. The van der Waals surface area contributed by atoms with Crippen LogP contribution in [-0.2, 0) is 7.05 Å². The van der Waals surface area contributed by atoms with E-state index in [1.807, 2.05) is 6.07 Å². The first kappa shape index (κ1) is 10.6. The van der Waals surface area contributed by atoms with E-state index in [0.717, 1.165) is 0 Å². The highest BCUT2D eigenvalue weighted by molar-refractivity contribution is 7.10. The number of hydrogen-bond donors (Lipinski definition) is 1. The molecule has 2 aromatic heterocycles. The van der Waals surface area contributed by atoms with Crippen LogP contribution in [0.4, 0.5) is 0 Å². The van der Waals surface area contributed by atoms with Crippen molar-refractivity contribution in [2.24, 2.45) is 12.8 Å². The van der Waals surface area contributed by atoms with Crippen LogP contribution in [-0.4, -0.2) is 4.57 Å². The molecule has 1 atom stereocenters. The van der Waals surface area contributed by atoms with Gasteiger partial charge in [0.25, 0.3) is 0 Å².